The van der Waals surface area contributed by atoms with Crippen LogP contribution in [-0.4, -0.2) is 31.1 Å². The van der Waals surface area contributed by atoms with Gasteiger partial charge in [0.2, 0.25) is 0 Å². The third-order valence-corrected chi connectivity index (χ3v) is 3.42. The second-order valence-electron chi connectivity index (χ2n) is 5.07. The number of halogens is 4. The molecule has 0 aliphatic carbocycles. The third-order valence-electron chi connectivity index (χ3n) is 3.42. The molecule has 1 aromatic rings. The van der Waals surface area contributed by atoms with Gasteiger partial charge in [-0.3, -0.25) is 0 Å². The van der Waals surface area contributed by atoms with Gasteiger partial charge in [-0.1, -0.05) is 0 Å². The molecule has 1 aliphatic heterocycles. The van der Waals surface area contributed by atoms with E-state index in [4.69, 9.17) is 0 Å². The van der Waals surface area contributed by atoms with Crippen molar-refractivity contribution in [1.82, 2.24) is 10.2 Å². The first kappa shape index (κ1) is 15.3. The molecule has 1 heterocycles. The van der Waals surface area contributed by atoms with Crippen molar-refractivity contribution in [1.29, 1.82) is 0 Å². The van der Waals surface area contributed by atoms with Gasteiger partial charge in [0.1, 0.15) is 5.82 Å². The first-order valence-electron chi connectivity index (χ1n) is 6.75. The Morgan fingerprint density at radius 2 is 1.80 bits per heavy atom. The normalized spacial score (nSPS) is 16.8. The second-order valence-corrected chi connectivity index (χ2v) is 5.07. The number of hydrogen-bond acceptors (Lipinski definition) is 2. The highest BCUT2D eigenvalue weighted by Crippen LogP contribution is 2.30. The fraction of sp³-hybridized carbons (Fsp3) is 0.571. The van der Waals surface area contributed by atoms with E-state index in [-0.39, 0.29) is 6.54 Å². The van der Waals surface area contributed by atoms with Crippen LogP contribution in [0.2, 0.25) is 0 Å². The van der Waals surface area contributed by atoms with Crippen LogP contribution in [0.25, 0.3) is 0 Å². The number of benzene rings is 1. The van der Waals surface area contributed by atoms with Crippen LogP contribution in [0.1, 0.15) is 24.0 Å². The van der Waals surface area contributed by atoms with Crippen molar-refractivity contribution in [3.05, 3.63) is 35.1 Å². The van der Waals surface area contributed by atoms with Crippen molar-refractivity contribution < 1.29 is 17.6 Å². The lowest BCUT2D eigenvalue weighted by atomic mass is 10.1. The summed E-state index contributed by atoms with van der Waals surface area (Å²) in [4.78, 5) is 2.31. The zero-order valence-electron chi connectivity index (χ0n) is 11.1. The smallest absolute Gasteiger partial charge is 0.311 e. The van der Waals surface area contributed by atoms with Gasteiger partial charge in [-0.25, -0.2) is 4.39 Å². The molecule has 1 fully saturated rings. The molecule has 112 valence electrons. The molecule has 0 saturated carbocycles. The number of rotatable bonds is 5. The van der Waals surface area contributed by atoms with Gasteiger partial charge in [0, 0.05) is 19.6 Å². The van der Waals surface area contributed by atoms with Crippen LogP contribution in [0.3, 0.4) is 0 Å². The predicted octanol–water partition coefficient (Wildman–Crippen LogP) is 3.03. The Hall–Kier alpha value is -1.14. The first-order valence-corrected chi connectivity index (χ1v) is 6.75. The largest absolute Gasteiger partial charge is 0.416 e. The summed E-state index contributed by atoms with van der Waals surface area (Å²) in [7, 11) is 0. The first-order chi connectivity index (χ1) is 9.45. The van der Waals surface area contributed by atoms with Gasteiger partial charge < -0.3 is 10.2 Å². The molecule has 1 N–H and O–H groups in total. The Morgan fingerprint density at radius 3 is 2.45 bits per heavy atom. The molecule has 6 heteroatoms. The standard InChI is InChI=1S/C14H18F4N2/c15-13-8-11(7-12(9-13)14(16,17)18)10-19-3-6-20-4-1-2-5-20/h7-9,19H,1-6,10H2. The summed E-state index contributed by atoms with van der Waals surface area (Å²) in [6.07, 6.45) is -2.09. The number of nitrogens with zero attached hydrogens (tertiary/aromatic N) is 1. The number of likely N-dealkylation sites (tertiary alicyclic amines) is 1. The van der Waals surface area contributed by atoms with Crippen LogP contribution in [0, 0.1) is 5.82 Å². The van der Waals surface area contributed by atoms with Crippen LogP contribution in [0.5, 0.6) is 0 Å². The third kappa shape index (κ3) is 4.45. The molecular weight excluding hydrogens is 272 g/mol. The second kappa shape index (κ2) is 6.54. The molecule has 2 rings (SSSR count). The Morgan fingerprint density at radius 1 is 1.10 bits per heavy atom. The zero-order chi connectivity index (χ0) is 14.6. The molecule has 2 nitrogen and oxygen atoms in total. The minimum Gasteiger partial charge on any atom is -0.311 e. The van der Waals surface area contributed by atoms with E-state index >= 15 is 0 Å². The van der Waals surface area contributed by atoms with E-state index in [9.17, 15) is 17.6 Å². The fourth-order valence-electron chi connectivity index (χ4n) is 2.39. The quantitative estimate of drug-likeness (QED) is 0.662. The highest BCUT2D eigenvalue weighted by Gasteiger charge is 2.31. The van der Waals surface area contributed by atoms with E-state index in [1.807, 2.05) is 0 Å². The maximum Gasteiger partial charge on any atom is 0.416 e. The van der Waals surface area contributed by atoms with Crippen LogP contribution in [0.15, 0.2) is 18.2 Å². The average molecular weight is 290 g/mol. The van der Waals surface area contributed by atoms with Crippen LogP contribution < -0.4 is 5.32 Å². The molecule has 1 saturated heterocycles. The Balaban J connectivity index is 1.84. The molecule has 0 amide bonds. The molecule has 0 radical (unpaired) electrons. The summed E-state index contributed by atoms with van der Waals surface area (Å²) in [5.74, 6) is -0.851. The molecule has 0 bridgehead atoms. The maximum atomic E-state index is 13.2. The minimum atomic E-state index is -4.51. The van der Waals surface area contributed by atoms with Crippen LogP contribution >= 0.6 is 0 Å². The summed E-state index contributed by atoms with van der Waals surface area (Å²) < 4.78 is 50.8. The molecule has 1 aliphatic rings. The van der Waals surface area contributed by atoms with Gasteiger partial charge >= 0.3 is 6.18 Å². The highest BCUT2D eigenvalue weighted by atomic mass is 19.4. The monoisotopic (exact) mass is 290 g/mol. The lowest BCUT2D eigenvalue weighted by Crippen LogP contribution is -2.29. The lowest BCUT2D eigenvalue weighted by molar-refractivity contribution is -0.137. The fourth-order valence-corrected chi connectivity index (χ4v) is 2.39. The van der Waals surface area contributed by atoms with Gasteiger partial charge in [0.15, 0.2) is 0 Å². The van der Waals surface area contributed by atoms with E-state index in [1.165, 1.54) is 12.8 Å². The van der Waals surface area contributed by atoms with Crippen molar-refractivity contribution >= 4 is 0 Å². The van der Waals surface area contributed by atoms with Gasteiger partial charge in [-0.2, -0.15) is 13.2 Å². The maximum absolute atomic E-state index is 13.2. The zero-order valence-corrected chi connectivity index (χ0v) is 11.1. The molecule has 0 unspecified atom stereocenters. The molecular formula is C14H18F4N2. The average Bonchev–Trinajstić information content (AvgIpc) is 2.86. The molecule has 0 spiro atoms. The Kier molecular flexibility index (Phi) is 4.99. The van der Waals surface area contributed by atoms with Gasteiger partial charge in [0.05, 0.1) is 5.56 Å². The number of hydrogen-bond donors (Lipinski definition) is 1. The van der Waals surface area contributed by atoms with Crippen molar-refractivity contribution in [2.24, 2.45) is 0 Å². The van der Waals surface area contributed by atoms with Crippen molar-refractivity contribution in [3.63, 3.8) is 0 Å². The summed E-state index contributed by atoms with van der Waals surface area (Å²) >= 11 is 0. The van der Waals surface area contributed by atoms with E-state index < -0.39 is 17.6 Å². The number of nitrogens with one attached hydrogen (secondary N) is 1. The molecule has 0 atom stereocenters. The van der Waals surface area contributed by atoms with Gasteiger partial charge in [-0.05, 0) is 49.7 Å². The van der Waals surface area contributed by atoms with E-state index in [0.717, 1.165) is 31.8 Å². The number of alkyl halides is 3. The van der Waals surface area contributed by atoms with Crippen molar-refractivity contribution in [2.75, 3.05) is 26.2 Å². The molecule has 20 heavy (non-hydrogen) atoms. The Labute approximate surface area is 115 Å². The van der Waals surface area contributed by atoms with Crippen LogP contribution in [-0.2, 0) is 12.7 Å². The summed E-state index contributed by atoms with van der Waals surface area (Å²) in [6, 6.07) is 2.65. The van der Waals surface area contributed by atoms with E-state index in [0.29, 0.717) is 18.2 Å². The Bertz CT molecular complexity index is 439. The van der Waals surface area contributed by atoms with Gasteiger partial charge in [0.25, 0.3) is 0 Å². The van der Waals surface area contributed by atoms with E-state index in [1.54, 1.807) is 0 Å². The van der Waals surface area contributed by atoms with Crippen molar-refractivity contribution in [2.45, 2.75) is 25.6 Å². The summed E-state index contributed by atoms with van der Waals surface area (Å²) in [6.45, 7) is 3.98. The van der Waals surface area contributed by atoms with E-state index in [2.05, 4.69) is 10.2 Å². The lowest BCUT2D eigenvalue weighted by Gasteiger charge is -2.15. The highest BCUT2D eigenvalue weighted by molar-refractivity contribution is 5.26. The molecule has 0 aromatic heterocycles. The van der Waals surface area contributed by atoms with Crippen LogP contribution in [0.4, 0.5) is 17.6 Å². The SMILES string of the molecule is Fc1cc(CNCCN2CCCC2)cc(C(F)(F)F)c1. The van der Waals surface area contributed by atoms with Crippen molar-refractivity contribution in [3.8, 4) is 0 Å². The predicted molar refractivity (Wildman–Crippen MR) is 68.8 cm³/mol. The topological polar surface area (TPSA) is 15.3 Å². The summed E-state index contributed by atoms with van der Waals surface area (Å²) in [5.41, 5.74) is -0.618. The molecule has 1 aromatic carbocycles. The summed E-state index contributed by atoms with van der Waals surface area (Å²) in [5, 5.41) is 3.06. The van der Waals surface area contributed by atoms with Gasteiger partial charge in [-0.15, -0.1) is 0 Å². The minimum absolute atomic E-state index is 0.245.